The molecule has 3 aliphatic carbocycles. The van der Waals surface area contributed by atoms with E-state index in [1.165, 1.54) is 68.9 Å². The summed E-state index contributed by atoms with van der Waals surface area (Å²) in [6, 6.07) is 4.14. The molecule has 5 atom stereocenters. The van der Waals surface area contributed by atoms with Gasteiger partial charge in [-0.1, -0.05) is 44.4 Å². The van der Waals surface area contributed by atoms with Gasteiger partial charge in [0.25, 0.3) is 0 Å². The molecule has 0 amide bonds. The van der Waals surface area contributed by atoms with Crippen molar-refractivity contribution in [1.29, 1.82) is 0 Å². The molecule has 0 N–H and O–H groups in total. The van der Waals surface area contributed by atoms with E-state index in [2.05, 4.69) is 32.1 Å². The Kier molecular flexibility index (Phi) is 7.14. The van der Waals surface area contributed by atoms with Gasteiger partial charge >= 0.3 is 0 Å². The molecular weight excluding hydrogens is 355 g/mol. The van der Waals surface area contributed by atoms with Crippen LogP contribution in [0.2, 0.25) is 0 Å². The van der Waals surface area contributed by atoms with Crippen LogP contribution in [0.25, 0.3) is 0 Å². The summed E-state index contributed by atoms with van der Waals surface area (Å²) in [6.45, 7) is 4.39. The van der Waals surface area contributed by atoms with E-state index < -0.39 is 0 Å². The van der Waals surface area contributed by atoms with E-state index >= 15 is 0 Å². The van der Waals surface area contributed by atoms with Crippen LogP contribution in [-0.2, 0) is 19.3 Å². The molecule has 4 rings (SSSR count). The Bertz CT molecular complexity index is 703. The minimum Gasteiger partial charge on any atom is -0.207 e. The van der Waals surface area contributed by atoms with Crippen molar-refractivity contribution in [3.8, 4) is 0 Å². The summed E-state index contributed by atoms with van der Waals surface area (Å²) in [5.41, 5.74) is 3.55. The second-order valence-electron chi connectivity index (χ2n) is 10.4. The standard InChI is InChI=1S/C28H41F/c1-3-5-6-8-21-16-26-14-13-25(19-27(26)28(29)17-21)24-12-11-22-15-20(7-4-2)9-10-23(22)18-24/h3,5,16-17,20,22-25H,4,6-15,18-19H2,1-2H3/b5-3+. The van der Waals surface area contributed by atoms with Gasteiger partial charge in [-0.2, -0.15) is 0 Å². The molecule has 29 heavy (non-hydrogen) atoms. The Morgan fingerprint density at radius 3 is 2.52 bits per heavy atom. The van der Waals surface area contributed by atoms with Crippen LogP contribution in [0, 0.1) is 35.4 Å². The third-order valence-corrected chi connectivity index (χ3v) is 8.56. The Balaban J connectivity index is 1.37. The number of hydrogen-bond donors (Lipinski definition) is 0. The zero-order chi connectivity index (χ0) is 20.2. The van der Waals surface area contributed by atoms with Gasteiger partial charge in [0.05, 0.1) is 0 Å². The zero-order valence-corrected chi connectivity index (χ0v) is 18.8. The number of rotatable bonds is 6. The lowest BCUT2D eigenvalue weighted by Gasteiger charge is -2.45. The first-order valence-corrected chi connectivity index (χ1v) is 12.6. The summed E-state index contributed by atoms with van der Waals surface area (Å²) in [6.07, 6.45) is 21.2. The quantitative estimate of drug-likeness (QED) is 0.426. The van der Waals surface area contributed by atoms with Crippen molar-refractivity contribution < 1.29 is 4.39 Å². The lowest BCUT2D eigenvalue weighted by Crippen LogP contribution is -2.35. The van der Waals surface area contributed by atoms with Crippen molar-refractivity contribution in [1.82, 2.24) is 0 Å². The topological polar surface area (TPSA) is 0 Å². The number of benzene rings is 1. The van der Waals surface area contributed by atoms with Crippen molar-refractivity contribution >= 4 is 0 Å². The van der Waals surface area contributed by atoms with Crippen molar-refractivity contribution in [3.05, 3.63) is 46.8 Å². The Morgan fingerprint density at radius 1 is 0.966 bits per heavy atom. The summed E-state index contributed by atoms with van der Waals surface area (Å²) in [5.74, 6) is 4.64. The predicted molar refractivity (Wildman–Crippen MR) is 122 cm³/mol. The highest BCUT2D eigenvalue weighted by Gasteiger charge is 2.38. The number of hydrogen-bond acceptors (Lipinski definition) is 0. The maximum atomic E-state index is 14.9. The Morgan fingerprint density at radius 2 is 1.72 bits per heavy atom. The highest BCUT2D eigenvalue weighted by molar-refractivity contribution is 5.36. The largest absolute Gasteiger partial charge is 0.207 e. The molecule has 160 valence electrons. The molecule has 0 nitrogen and oxygen atoms in total. The maximum absolute atomic E-state index is 14.9. The molecule has 2 fully saturated rings. The van der Waals surface area contributed by atoms with E-state index in [0.29, 0.717) is 0 Å². The molecule has 0 radical (unpaired) electrons. The van der Waals surface area contributed by atoms with Gasteiger partial charge in [-0.05, 0) is 123 Å². The van der Waals surface area contributed by atoms with E-state index in [4.69, 9.17) is 0 Å². The SMILES string of the molecule is C/C=C/CCc1cc(F)c2c(c1)CCC(C1CCC3CC(CCC)CCC3C1)C2. The van der Waals surface area contributed by atoms with Crippen LogP contribution in [0.3, 0.4) is 0 Å². The smallest absolute Gasteiger partial charge is 0.126 e. The summed E-state index contributed by atoms with van der Waals surface area (Å²) in [5, 5.41) is 0. The van der Waals surface area contributed by atoms with Crippen LogP contribution in [0.1, 0.15) is 94.7 Å². The van der Waals surface area contributed by atoms with E-state index in [0.717, 1.165) is 60.8 Å². The van der Waals surface area contributed by atoms with Crippen LogP contribution in [0.4, 0.5) is 4.39 Å². The van der Waals surface area contributed by atoms with Gasteiger partial charge in [-0.15, -0.1) is 0 Å². The average Bonchev–Trinajstić information content (AvgIpc) is 2.74. The first-order chi connectivity index (χ1) is 14.2. The fourth-order valence-electron chi connectivity index (χ4n) is 7.00. The van der Waals surface area contributed by atoms with Crippen LogP contribution < -0.4 is 0 Å². The molecule has 0 aromatic heterocycles. The molecule has 0 aliphatic heterocycles. The fourth-order valence-corrected chi connectivity index (χ4v) is 7.00. The van der Waals surface area contributed by atoms with Gasteiger partial charge < -0.3 is 0 Å². The first kappa shape index (κ1) is 21.1. The van der Waals surface area contributed by atoms with Gasteiger partial charge in [0.2, 0.25) is 0 Å². The molecule has 1 aromatic rings. The third-order valence-electron chi connectivity index (χ3n) is 8.56. The predicted octanol–water partition coefficient (Wildman–Crippen LogP) is 8.07. The van der Waals surface area contributed by atoms with Gasteiger partial charge in [-0.25, -0.2) is 4.39 Å². The normalized spacial score (nSPS) is 32.2. The minimum absolute atomic E-state index is 0.0800. The summed E-state index contributed by atoms with van der Waals surface area (Å²) >= 11 is 0. The van der Waals surface area contributed by atoms with E-state index in [1.54, 1.807) is 0 Å². The summed E-state index contributed by atoms with van der Waals surface area (Å²) in [7, 11) is 0. The first-order valence-electron chi connectivity index (χ1n) is 12.6. The van der Waals surface area contributed by atoms with Crippen molar-refractivity contribution in [2.75, 3.05) is 0 Å². The average molecular weight is 397 g/mol. The molecular formula is C28H41F. The summed E-state index contributed by atoms with van der Waals surface area (Å²) in [4.78, 5) is 0. The Hall–Kier alpha value is -1.11. The van der Waals surface area contributed by atoms with E-state index in [9.17, 15) is 4.39 Å². The van der Waals surface area contributed by atoms with Gasteiger partial charge in [-0.3, -0.25) is 0 Å². The van der Waals surface area contributed by atoms with E-state index in [1.807, 2.05) is 6.07 Å². The molecule has 0 heterocycles. The van der Waals surface area contributed by atoms with Crippen LogP contribution in [-0.4, -0.2) is 0 Å². The Labute approximate surface area is 178 Å². The van der Waals surface area contributed by atoms with Gasteiger partial charge in [0, 0.05) is 0 Å². The van der Waals surface area contributed by atoms with Crippen LogP contribution in [0.5, 0.6) is 0 Å². The van der Waals surface area contributed by atoms with Crippen molar-refractivity contribution in [3.63, 3.8) is 0 Å². The fraction of sp³-hybridized carbons (Fsp3) is 0.714. The second kappa shape index (κ2) is 9.80. The molecule has 1 aromatic carbocycles. The van der Waals surface area contributed by atoms with Gasteiger partial charge in [0.15, 0.2) is 0 Å². The van der Waals surface area contributed by atoms with Crippen molar-refractivity contribution in [2.45, 2.75) is 97.3 Å². The summed E-state index contributed by atoms with van der Waals surface area (Å²) < 4.78 is 14.9. The monoisotopic (exact) mass is 396 g/mol. The van der Waals surface area contributed by atoms with Crippen LogP contribution >= 0.6 is 0 Å². The maximum Gasteiger partial charge on any atom is 0.126 e. The lowest BCUT2D eigenvalue weighted by atomic mass is 9.61. The number of fused-ring (bicyclic) bond motifs is 2. The van der Waals surface area contributed by atoms with E-state index in [-0.39, 0.29) is 5.82 Å². The number of allylic oxidation sites excluding steroid dienone is 2. The minimum atomic E-state index is 0.0800. The van der Waals surface area contributed by atoms with Crippen LogP contribution in [0.15, 0.2) is 24.3 Å². The lowest BCUT2D eigenvalue weighted by molar-refractivity contribution is 0.0692. The number of halogens is 1. The van der Waals surface area contributed by atoms with Crippen molar-refractivity contribution in [2.24, 2.45) is 29.6 Å². The molecule has 3 aliphatic rings. The third kappa shape index (κ3) is 4.97. The molecule has 5 unspecified atom stereocenters. The van der Waals surface area contributed by atoms with Gasteiger partial charge in [0.1, 0.15) is 5.82 Å². The highest BCUT2D eigenvalue weighted by Crippen LogP contribution is 2.49. The molecule has 0 spiro atoms. The zero-order valence-electron chi connectivity index (χ0n) is 18.8. The number of aryl methyl sites for hydroxylation is 2. The molecule has 0 saturated heterocycles. The molecule has 0 bridgehead atoms. The second-order valence-corrected chi connectivity index (χ2v) is 10.4. The molecule has 2 saturated carbocycles. The highest BCUT2D eigenvalue weighted by atomic mass is 19.1. The molecule has 1 heteroatoms.